The maximum Gasteiger partial charge on any atom is -0.0317 e. The van der Waals surface area contributed by atoms with Crippen LogP contribution >= 0.6 is 0 Å². The molecule has 1 fully saturated rings. The topological polar surface area (TPSA) is 0 Å². The van der Waals surface area contributed by atoms with E-state index < -0.39 is 0 Å². The molecule has 1 aliphatic rings. The second-order valence-corrected chi connectivity index (χ2v) is 4.33. The fourth-order valence-corrected chi connectivity index (χ4v) is 2.11. The van der Waals surface area contributed by atoms with Gasteiger partial charge < -0.3 is 0 Å². The van der Waals surface area contributed by atoms with Crippen LogP contribution in [0.1, 0.15) is 64.7 Å². The molecule has 0 aromatic carbocycles. The van der Waals surface area contributed by atoms with Crippen LogP contribution < -0.4 is 0 Å². The van der Waals surface area contributed by atoms with Gasteiger partial charge in [0, 0.05) is 0 Å². The molecule has 0 heteroatoms. The van der Waals surface area contributed by atoms with Gasteiger partial charge in [-0.05, 0) is 32.6 Å². The molecule has 80 valence electrons. The van der Waals surface area contributed by atoms with Gasteiger partial charge >= 0.3 is 0 Å². The molecule has 0 saturated heterocycles. The Morgan fingerprint density at radius 1 is 0.786 bits per heavy atom. The van der Waals surface area contributed by atoms with E-state index in [2.05, 4.69) is 25.2 Å². The molecule has 0 aliphatic heterocycles. The Morgan fingerprint density at radius 3 is 1.79 bits per heavy atom. The first-order valence-electron chi connectivity index (χ1n) is 6.24. The summed E-state index contributed by atoms with van der Waals surface area (Å²) in [6, 6.07) is 0. The van der Waals surface area contributed by atoms with Gasteiger partial charge in [0.25, 0.3) is 0 Å². The third-order valence-corrected chi connectivity index (χ3v) is 3.02. The summed E-state index contributed by atoms with van der Waals surface area (Å²) in [4.78, 5) is 0. The van der Waals surface area contributed by atoms with Gasteiger partial charge in [0.05, 0.1) is 0 Å². The number of hydrogen-bond donors (Lipinski definition) is 0. The van der Waals surface area contributed by atoms with Gasteiger partial charge in [0.1, 0.15) is 0 Å². The zero-order chi connectivity index (χ0) is 10.1. The summed E-state index contributed by atoms with van der Waals surface area (Å²) in [6.45, 7) is 2.09. The zero-order valence-electron chi connectivity index (χ0n) is 9.60. The van der Waals surface area contributed by atoms with Crippen molar-refractivity contribution in [2.45, 2.75) is 64.7 Å². The quantitative estimate of drug-likeness (QED) is 0.547. The summed E-state index contributed by atoms with van der Waals surface area (Å²) >= 11 is 0. The van der Waals surface area contributed by atoms with Crippen LogP contribution in [-0.2, 0) is 0 Å². The van der Waals surface area contributed by atoms with Crippen LogP contribution in [0.5, 0.6) is 0 Å². The monoisotopic (exact) mass is 192 g/mol. The van der Waals surface area contributed by atoms with Gasteiger partial charge in [-0.1, -0.05) is 55.9 Å². The molecule has 0 heterocycles. The Labute approximate surface area is 89.1 Å². The molecule has 0 N–H and O–H groups in total. The van der Waals surface area contributed by atoms with Crippen LogP contribution in [0.3, 0.4) is 0 Å². The Morgan fingerprint density at radius 2 is 1.29 bits per heavy atom. The zero-order valence-corrected chi connectivity index (χ0v) is 9.60. The van der Waals surface area contributed by atoms with Crippen LogP contribution in [0, 0.1) is 0 Å². The van der Waals surface area contributed by atoms with Crippen molar-refractivity contribution in [3.05, 3.63) is 23.8 Å². The largest absolute Gasteiger partial charge is 0.0877 e. The Hall–Kier alpha value is -0.520. The van der Waals surface area contributed by atoms with E-state index in [1.165, 1.54) is 57.8 Å². The summed E-state index contributed by atoms with van der Waals surface area (Å²) in [5.41, 5.74) is 1.67. The van der Waals surface area contributed by atoms with Gasteiger partial charge in [0.2, 0.25) is 0 Å². The summed E-state index contributed by atoms with van der Waals surface area (Å²) in [5.74, 6) is 0. The second-order valence-electron chi connectivity index (χ2n) is 4.33. The minimum Gasteiger partial charge on any atom is -0.0877 e. The SMILES string of the molecule is CC=CC=C1CCCCCCCCC1. The fraction of sp³-hybridized carbons (Fsp3) is 0.714. The Kier molecular flexibility index (Phi) is 6.47. The third-order valence-electron chi connectivity index (χ3n) is 3.02. The lowest BCUT2D eigenvalue weighted by Gasteiger charge is -2.10. The first kappa shape index (κ1) is 11.6. The first-order chi connectivity index (χ1) is 6.93. The highest BCUT2D eigenvalue weighted by molar-refractivity contribution is 5.12. The van der Waals surface area contributed by atoms with E-state index in [1.54, 1.807) is 5.57 Å². The molecule has 0 unspecified atom stereocenters. The van der Waals surface area contributed by atoms with Crippen molar-refractivity contribution in [3.8, 4) is 0 Å². The Balaban J connectivity index is 2.37. The van der Waals surface area contributed by atoms with Gasteiger partial charge in [-0.25, -0.2) is 0 Å². The lowest BCUT2D eigenvalue weighted by Crippen LogP contribution is -1.90. The van der Waals surface area contributed by atoms with Crippen molar-refractivity contribution in [1.29, 1.82) is 0 Å². The molecule has 0 aromatic heterocycles. The van der Waals surface area contributed by atoms with E-state index in [4.69, 9.17) is 0 Å². The van der Waals surface area contributed by atoms with Crippen LogP contribution in [0.4, 0.5) is 0 Å². The van der Waals surface area contributed by atoms with Crippen LogP contribution in [-0.4, -0.2) is 0 Å². The first-order valence-corrected chi connectivity index (χ1v) is 6.24. The van der Waals surface area contributed by atoms with Crippen molar-refractivity contribution < 1.29 is 0 Å². The van der Waals surface area contributed by atoms with E-state index in [1.807, 2.05) is 0 Å². The van der Waals surface area contributed by atoms with E-state index in [0.717, 1.165) is 0 Å². The van der Waals surface area contributed by atoms with Gasteiger partial charge in [-0.15, -0.1) is 0 Å². The number of allylic oxidation sites excluding steroid dienone is 4. The molecule has 14 heavy (non-hydrogen) atoms. The van der Waals surface area contributed by atoms with Gasteiger partial charge in [-0.3, -0.25) is 0 Å². The summed E-state index contributed by atoms with van der Waals surface area (Å²) in [5, 5.41) is 0. The highest BCUT2D eigenvalue weighted by Crippen LogP contribution is 2.20. The molecule has 1 saturated carbocycles. The Bertz CT molecular complexity index is 174. The highest BCUT2D eigenvalue weighted by atomic mass is 14.1. The summed E-state index contributed by atoms with van der Waals surface area (Å²) < 4.78 is 0. The second kappa shape index (κ2) is 7.84. The van der Waals surface area contributed by atoms with E-state index >= 15 is 0 Å². The van der Waals surface area contributed by atoms with Crippen molar-refractivity contribution in [1.82, 2.24) is 0 Å². The summed E-state index contributed by atoms with van der Waals surface area (Å²) in [7, 11) is 0. The molecular formula is C14H24. The van der Waals surface area contributed by atoms with Crippen molar-refractivity contribution >= 4 is 0 Å². The average molecular weight is 192 g/mol. The normalized spacial score (nSPS) is 21.1. The number of hydrogen-bond acceptors (Lipinski definition) is 0. The van der Waals surface area contributed by atoms with Gasteiger partial charge in [-0.2, -0.15) is 0 Å². The standard InChI is InChI=1S/C14H24/c1-2-3-11-14-12-9-7-5-4-6-8-10-13-14/h2-3,11H,4-10,12-13H2,1H3. The molecule has 0 atom stereocenters. The molecule has 1 aliphatic carbocycles. The number of rotatable bonds is 1. The smallest absolute Gasteiger partial charge is 0.0317 e. The maximum atomic E-state index is 2.33. The van der Waals surface area contributed by atoms with E-state index in [9.17, 15) is 0 Å². The molecule has 0 nitrogen and oxygen atoms in total. The molecule has 0 radical (unpaired) electrons. The van der Waals surface area contributed by atoms with Crippen molar-refractivity contribution in [2.24, 2.45) is 0 Å². The predicted octanol–water partition coefficient (Wildman–Crippen LogP) is 5.01. The van der Waals surface area contributed by atoms with Crippen LogP contribution in [0.2, 0.25) is 0 Å². The molecule has 1 rings (SSSR count). The van der Waals surface area contributed by atoms with Crippen molar-refractivity contribution in [2.75, 3.05) is 0 Å². The molecular weight excluding hydrogens is 168 g/mol. The lowest BCUT2D eigenvalue weighted by atomic mass is 9.97. The third kappa shape index (κ3) is 5.26. The fourth-order valence-electron chi connectivity index (χ4n) is 2.11. The molecule has 0 aromatic rings. The van der Waals surface area contributed by atoms with Crippen molar-refractivity contribution in [3.63, 3.8) is 0 Å². The predicted molar refractivity (Wildman–Crippen MR) is 64.5 cm³/mol. The molecule has 0 bridgehead atoms. The maximum absolute atomic E-state index is 2.33. The van der Waals surface area contributed by atoms with Gasteiger partial charge in [0.15, 0.2) is 0 Å². The minimum atomic E-state index is 1.34. The summed E-state index contributed by atoms with van der Waals surface area (Å²) in [6.07, 6.45) is 19.4. The van der Waals surface area contributed by atoms with Crippen LogP contribution in [0.25, 0.3) is 0 Å². The van der Waals surface area contributed by atoms with Crippen LogP contribution in [0.15, 0.2) is 23.8 Å². The molecule has 0 amide bonds. The molecule has 0 spiro atoms. The highest BCUT2D eigenvalue weighted by Gasteiger charge is 2.00. The average Bonchev–Trinajstić information content (AvgIpc) is 2.23. The van der Waals surface area contributed by atoms with E-state index in [-0.39, 0.29) is 0 Å². The van der Waals surface area contributed by atoms with E-state index in [0.29, 0.717) is 0 Å². The lowest BCUT2D eigenvalue weighted by molar-refractivity contribution is 0.551. The minimum absolute atomic E-state index is 1.34.